The van der Waals surface area contributed by atoms with E-state index in [1.165, 1.54) is 0 Å². The second kappa shape index (κ2) is 8.47. The van der Waals surface area contributed by atoms with Crippen LogP contribution in [0.2, 0.25) is 0 Å². The molecule has 4 rings (SSSR count). The lowest BCUT2D eigenvalue weighted by Gasteiger charge is -2.13. The summed E-state index contributed by atoms with van der Waals surface area (Å²) in [5, 5.41) is 6.87. The number of hydrogen-bond acceptors (Lipinski definition) is 4. The van der Waals surface area contributed by atoms with Gasteiger partial charge in [-0.25, -0.2) is 0 Å². The van der Waals surface area contributed by atoms with E-state index in [1.807, 2.05) is 54.8 Å². The molecular formula is C22H23BrN4O3. The largest absolute Gasteiger partial charge is 0.361 e. The summed E-state index contributed by atoms with van der Waals surface area (Å²) in [7, 11) is 0. The average molecular weight is 471 g/mol. The van der Waals surface area contributed by atoms with Gasteiger partial charge in [-0.15, -0.1) is 0 Å². The molecule has 0 unspecified atom stereocenters. The number of aromatic nitrogens is 3. The van der Waals surface area contributed by atoms with Crippen molar-refractivity contribution in [3.05, 3.63) is 68.4 Å². The third-order valence-electron chi connectivity index (χ3n) is 5.36. The molecule has 3 aromatic heterocycles. The SMILES string of the molecule is Cc1noc(C)c1CCNC(=O)CCCn1c(=O)c2cccn2c2ccc(Br)cc21. The monoisotopic (exact) mass is 470 g/mol. The van der Waals surface area contributed by atoms with E-state index in [0.29, 0.717) is 37.9 Å². The van der Waals surface area contributed by atoms with Crippen LogP contribution in [-0.2, 0) is 17.8 Å². The molecule has 0 radical (unpaired) electrons. The number of nitrogens with one attached hydrogen (secondary N) is 1. The summed E-state index contributed by atoms with van der Waals surface area (Å²) < 4.78 is 9.72. The first kappa shape index (κ1) is 20.4. The number of amides is 1. The van der Waals surface area contributed by atoms with Crippen LogP contribution in [0.4, 0.5) is 0 Å². The van der Waals surface area contributed by atoms with E-state index in [9.17, 15) is 9.59 Å². The van der Waals surface area contributed by atoms with Crippen molar-refractivity contribution in [2.24, 2.45) is 0 Å². The number of rotatable bonds is 7. The van der Waals surface area contributed by atoms with Gasteiger partial charge in [0, 0.05) is 35.7 Å². The van der Waals surface area contributed by atoms with E-state index in [2.05, 4.69) is 26.4 Å². The summed E-state index contributed by atoms with van der Waals surface area (Å²) >= 11 is 3.49. The number of hydrogen-bond donors (Lipinski definition) is 1. The van der Waals surface area contributed by atoms with Crippen LogP contribution in [0.3, 0.4) is 0 Å². The molecule has 1 aromatic carbocycles. The van der Waals surface area contributed by atoms with Crippen molar-refractivity contribution in [3.63, 3.8) is 0 Å². The third kappa shape index (κ3) is 3.92. The molecule has 0 saturated heterocycles. The first-order valence-electron chi connectivity index (χ1n) is 9.93. The molecule has 30 heavy (non-hydrogen) atoms. The Hall–Kier alpha value is -2.87. The zero-order chi connectivity index (χ0) is 21.3. The van der Waals surface area contributed by atoms with Crippen molar-refractivity contribution in [1.82, 2.24) is 19.4 Å². The number of carbonyl (C=O) groups is 1. The van der Waals surface area contributed by atoms with Crippen molar-refractivity contribution in [2.45, 2.75) is 39.7 Å². The predicted molar refractivity (Wildman–Crippen MR) is 119 cm³/mol. The van der Waals surface area contributed by atoms with Gasteiger partial charge in [0.05, 0.1) is 16.7 Å². The summed E-state index contributed by atoms with van der Waals surface area (Å²) in [6, 6.07) is 9.59. The molecule has 0 spiro atoms. The van der Waals surface area contributed by atoms with E-state index < -0.39 is 0 Å². The molecule has 0 saturated carbocycles. The van der Waals surface area contributed by atoms with Gasteiger partial charge in [-0.3, -0.25) is 9.59 Å². The number of halogens is 1. The lowest BCUT2D eigenvalue weighted by Crippen LogP contribution is -2.27. The molecule has 3 heterocycles. The summed E-state index contributed by atoms with van der Waals surface area (Å²) in [4.78, 5) is 25.2. The van der Waals surface area contributed by atoms with Crippen molar-refractivity contribution in [2.75, 3.05) is 6.54 Å². The normalized spacial score (nSPS) is 11.4. The van der Waals surface area contributed by atoms with Crippen LogP contribution in [0.1, 0.15) is 29.9 Å². The zero-order valence-electron chi connectivity index (χ0n) is 16.9. The highest BCUT2D eigenvalue weighted by atomic mass is 79.9. The Labute approximate surface area is 181 Å². The van der Waals surface area contributed by atoms with E-state index in [-0.39, 0.29) is 11.5 Å². The van der Waals surface area contributed by atoms with Gasteiger partial charge in [0.15, 0.2) is 0 Å². The van der Waals surface area contributed by atoms with E-state index in [0.717, 1.165) is 32.5 Å². The molecule has 4 aromatic rings. The minimum Gasteiger partial charge on any atom is -0.361 e. The Morgan fingerprint density at radius 1 is 1.20 bits per heavy atom. The summed E-state index contributed by atoms with van der Waals surface area (Å²) in [5.74, 6) is 0.768. The lowest BCUT2D eigenvalue weighted by molar-refractivity contribution is -0.121. The van der Waals surface area contributed by atoms with Crippen LogP contribution >= 0.6 is 15.9 Å². The second-order valence-corrected chi connectivity index (χ2v) is 8.28. The Morgan fingerprint density at radius 2 is 2.03 bits per heavy atom. The van der Waals surface area contributed by atoms with Crippen LogP contribution in [0.5, 0.6) is 0 Å². The van der Waals surface area contributed by atoms with Crippen LogP contribution in [0.15, 0.2) is 50.3 Å². The molecule has 0 atom stereocenters. The number of carbonyl (C=O) groups excluding carboxylic acids is 1. The standard InChI is InChI=1S/C22H23BrN4O3/c1-14-17(15(2)30-25-14)9-10-24-21(28)6-4-12-27-20-13-16(23)7-8-18(20)26-11-3-5-19(26)22(27)29/h3,5,7-8,11,13H,4,6,9-10,12H2,1-2H3,(H,24,28). The topological polar surface area (TPSA) is 81.5 Å². The van der Waals surface area contributed by atoms with Crippen molar-refractivity contribution in [1.29, 1.82) is 0 Å². The van der Waals surface area contributed by atoms with Crippen molar-refractivity contribution < 1.29 is 9.32 Å². The Balaban J connectivity index is 1.42. The number of aryl methyl sites for hydroxylation is 3. The van der Waals surface area contributed by atoms with Gasteiger partial charge >= 0.3 is 0 Å². The minimum absolute atomic E-state index is 0.0240. The quantitative estimate of drug-likeness (QED) is 0.445. The average Bonchev–Trinajstić information content (AvgIpc) is 3.33. The smallest absolute Gasteiger partial charge is 0.275 e. The molecule has 0 fully saturated rings. The third-order valence-corrected chi connectivity index (χ3v) is 5.86. The highest BCUT2D eigenvalue weighted by Crippen LogP contribution is 2.20. The van der Waals surface area contributed by atoms with Crippen LogP contribution < -0.4 is 10.9 Å². The molecule has 8 heteroatoms. The highest BCUT2D eigenvalue weighted by Gasteiger charge is 2.12. The molecule has 0 aliphatic carbocycles. The minimum atomic E-state index is -0.0515. The molecule has 0 aliphatic heterocycles. The van der Waals surface area contributed by atoms with Crippen LogP contribution in [-0.4, -0.2) is 26.6 Å². The molecule has 0 aliphatic rings. The van der Waals surface area contributed by atoms with Crippen LogP contribution in [0.25, 0.3) is 16.6 Å². The van der Waals surface area contributed by atoms with Gasteiger partial charge in [-0.2, -0.15) is 0 Å². The Morgan fingerprint density at radius 3 is 2.80 bits per heavy atom. The van der Waals surface area contributed by atoms with Crippen molar-refractivity contribution >= 4 is 38.4 Å². The fourth-order valence-corrected chi connectivity index (χ4v) is 4.17. The Bertz CT molecular complexity index is 1270. The maximum atomic E-state index is 13.0. The summed E-state index contributed by atoms with van der Waals surface area (Å²) in [6.07, 6.45) is 3.52. The molecule has 1 N–H and O–H groups in total. The zero-order valence-corrected chi connectivity index (χ0v) is 18.5. The first-order chi connectivity index (χ1) is 14.5. The summed E-state index contributed by atoms with van der Waals surface area (Å²) in [5.41, 5.74) is 4.29. The van der Waals surface area contributed by atoms with Gasteiger partial charge in [0.1, 0.15) is 11.3 Å². The predicted octanol–water partition coefficient (Wildman–Crippen LogP) is 3.76. The highest BCUT2D eigenvalue weighted by molar-refractivity contribution is 9.10. The maximum absolute atomic E-state index is 13.0. The van der Waals surface area contributed by atoms with E-state index in [1.54, 1.807) is 4.57 Å². The second-order valence-electron chi connectivity index (χ2n) is 7.36. The van der Waals surface area contributed by atoms with Crippen LogP contribution in [0, 0.1) is 13.8 Å². The van der Waals surface area contributed by atoms with Gasteiger partial charge in [0.25, 0.3) is 5.56 Å². The first-order valence-corrected chi connectivity index (χ1v) is 10.7. The van der Waals surface area contributed by atoms with E-state index >= 15 is 0 Å². The lowest BCUT2D eigenvalue weighted by atomic mass is 10.1. The van der Waals surface area contributed by atoms with Gasteiger partial charge < -0.3 is 18.8 Å². The van der Waals surface area contributed by atoms with Crippen molar-refractivity contribution in [3.8, 4) is 0 Å². The van der Waals surface area contributed by atoms with Gasteiger partial charge in [0.2, 0.25) is 5.91 Å². The fourth-order valence-electron chi connectivity index (χ4n) is 3.82. The number of benzene rings is 1. The molecule has 7 nitrogen and oxygen atoms in total. The van der Waals surface area contributed by atoms with Gasteiger partial charge in [-0.1, -0.05) is 21.1 Å². The van der Waals surface area contributed by atoms with E-state index in [4.69, 9.17) is 4.52 Å². The molecule has 0 bridgehead atoms. The number of fused-ring (bicyclic) bond motifs is 3. The summed E-state index contributed by atoms with van der Waals surface area (Å²) in [6.45, 7) is 4.79. The fraction of sp³-hybridized carbons (Fsp3) is 0.318. The Kier molecular flexibility index (Phi) is 5.76. The molecule has 1 amide bonds. The maximum Gasteiger partial charge on any atom is 0.275 e. The molecule has 156 valence electrons. The molecular weight excluding hydrogens is 448 g/mol. The number of nitrogens with zero attached hydrogens (tertiary/aromatic N) is 3. The van der Waals surface area contributed by atoms with Gasteiger partial charge in [-0.05, 0) is 57.0 Å².